The zero-order valence-corrected chi connectivity index (χ0v) is 10.7. The summed E-state index contributed by atoms with van der Waals surface area (Å²) < 4.78 is 0. The molecule has 16 heavy (non-hydrogen) atoms. The third-order valence-electron chi connectivity index (χ3n) is 3.36. The predicted octanol–water partition coefficient (Wildman–Crippen LogP) is 2.69. The van der Waals surface area contributed by atoms with Crippen molar-refractivity contribution in [2.24, 2.45) is 5.92 Å². The van der Waals surface area contributed by atoms with E-state index in [-0.39, 0.29) is 0 Å². The van der Waals surface area contributed by atoms with Gasteiger partial charge in [-0.2, -0.15) is 0 Å². The molecule has 1 aliphatic heterocycles. The molecule has 3 heteroatoms. The fraction of sp³-hybridized carbons (Fsp3) is 0.538. The third kappa shape index (κ3) is 2.33. The second-order valence-electron chi connectivity index (χ2n) is 4.54. The molecule has 1 saturated heterocycles. The van der Waals surface area contributed by atoms with E-state index in [1.807, 2.05) is 19.2 Å². The Morgan fingerprint density at radius 1 is 1.50 bits per heavy atom. The minimum absolute atomic E-state index is 0.767. The van der Waals surface area contributed by atoms with Gasteiger partial charge in [-0.25, -0.2) is 0 Å². The van der Waals surface area contributed by atoms with E-state index in [0.717, 1.165) is 30.6 Å². The van der Waals surface area contributed by atoms with Crippen molar-refractivity contribution in [2.75, 3.05) is 31.6 Å². The summed E-state index contributed by atoms with van der Waals surface area (Å²) in [6.45, 7) is 5.49. The molecule has 1 N–H and O–H groups in total. The Labute approximate surface area is 103 Å². The zero-order valence-electron chi connectivity index (χ0n) is 9.96. The molecule has 1 aliphatic rings. The topological polar surface area (TPSA) is 15.3 Å². The molecule has 1 fully saturated rings. The Balaban J connectivity index is 2.11. The van der Waals surface area contributed by atoms with Gasteiger partial charge in [0.05, 0.1) is 0 Å². The molecule has 1 aromatic rings. The van der Waals surface area contributed by atoms with Crippen molar-refractivity contribution in [1.82, 2.24) is 5.32 Å². The lowest BCUT2D eigenvalue weighted by atomic mass is 10.1. The van der Waals surface area contributed by atoms with Crippen LogP contribution < -0.4 is 10.2 Å². The fourth-order valence-corrected chi connectivity index (χ4v) is 2.61. The van der Waals surface area contributed by atoms with Crippen LogP contribution in [0.4, 0.5) is 5.69 Å². The molecule has 0 saturated carbocycles. The summed E-state index contributed by atoms with van der Waals surface area (Å²) in [5.74, 6) is 0.767. The van der Waals surface area contributed by atoms with Crippen LogP contribution in [-0.4, -0.2) is 26.7 Å². The first kappa shape index (κ1) is 11.7. The van der Waals surface area contributed by atoms with Crippen LogP contribution in [-0.2, 0) is 0 Å². The summed E-state index contributed by atoms with van der Waals surface area (Å²) in [6, 6.07) is 6.17. The molecule has 1 atom stereocenters. The highest BCUT2D eigenvalue weighted by atomic mass is 35.5. The summed E-state index contributed by atoms with van der Waals surface area (Å²) in [4.78, 5) is 2.45. The van der Waals surface area contributed by atoms with Gasteiger partial charge in [-0.1, -0.05) is 17.7 Å². The van der Waals surface area contributed by atoms with Crippen LogP contribution >= 0.6 is 11.6 Å². The van der Waals surface area contributed by atoms with Crippen molar-refractivity contribution in [2.45, 2.75) is 13.3 Å². The standard InChI is InChI=1S/C13H19ClN2/c1-10-12(14)4-3-5-13(10)16-7-6-11(9-16)8-15-2/h3-5,11,15H,6-9H2,1-2H3. The van der Waals surface area contributed by atoms with E-state index in [9.17, 15) is 0 Å². The number of hydrogen-bond donors (Lipinski definition) is 1. The normalized spacial score (nSPS) is 20.4. The van der Waals surface area contributed by atoms with Gasteiger partial charge in [0.1, 0.15) is 0 Å². The lowest BCUT2D eigenvalue weighted by Crippen LogP contribution is -2.24. The van der Waals surface area contributed by atoms with E-state index >= 15 is 0 Å². The smallest absolute Gasteiger partial charge is 0.0455 e. The van der Waals surface area contributed by atoms with Gasteiger partial charge in [0, 0.05) is 23.8 Å². The summed E-state index contributed by atoms with van der Waals surface area (Å²) in [7, 11) is 2.02. The number of halogens is 1. The molecule has 0 aliphatic carbocycles. The van der Waals surface area contributed by atoms with Gasteiger partial charge < -0.3 is 10.2 Å². The fourth-order valence-electron chi connectivity index (χ4n) is 2.45. The third-order valence-corrected chi connectivity index (χ3v) is 3.77. The van der Waals surface area contributed by atoms with Crippen LogP contribution in [0.1, 0.15) is 12.0 Å². The molecule has 1 heterocycles. The molecule has 88 valence electrons. The van der Waals surface area contributed by atoms with Gasteiger partial charge >= 0.3 is 0 Å². The van der Waals surface area contributed by atoms with Crippen molar-refractivity contribution in [3.05, 3.63) is 28.8 Å². The molecule has 0 radical (unpaired) electrons. The number of nitrogens with zero attached hydrogens (tertiary/aromatic N) is 1. The predicted molar refractivity (Wildman–Crippen MR) is 70.4 cm³/mol. The number of rotatable bonds is 3. The molecule has 0 spiro atoms. The summed E-state index contributed by atoms with van der Waals surface area (Å²) in [5.41, 5.74) is 2.50. The Kier molecular flexibility index (Phi) is 3.72. The van der Waals surface area contributed by atoms with Gasteiger partial charge in [0.25, 0.3) is 0 Å². The molecule has 1 unspecified atom stereocenters. The highest BCUT2D eigenvalue weighted by molar-refractivity contribution is 6.31. The summed E-state index contributed by atoms with van der Waals surface area (Å²) in [5, 5.41) is 4.12. The molecular weight excluding hydrogens is 220 g/mol. The zero-order chi connectivity index (χ0) is 11.5. The molecule has 0 aromatic heterocycles. The van der Waals surface area contributed by atoms with E-state index < -0.39 is 0 Å². The van der Waals surface area contributed by atoms with Gasteiger partial charge in [-0.05, 0) is 50.6 Å². The number of anilines is 1. The van der Waals surface area contributed by atoms with Gasteiger partial charge in [-0.3, -0.25) is 0 Å². The number of hydrogen-bond acceptors (Lipinski definition) is 2. The van der Waals surface area contributed by atoms with Crippen molar-refractivity contribution < 1.29 is 0 Å². The van der Waals surface area contributed by atoms with E-state index in [4.69, 9.17) is 11.6 Å². The van der Waals surface area contributed by atoms with Gasteiger partial charge in [-0.15, -0.1) is 0 Å². The maximum atomic E-state index is 6.15. The van der Waals surface area contributed by atoms with E-state index in [1.54, 1.807) is 0 Å². The molecular formula is C13H19ClN2. The number of nitrogens with one attached hydrogen (secondary N) is 1. The van der Waals surface area contributed by atoms with Gasteiger partial charge in [0.2, 0.25) is 0 Å². The van der Waals surface area contributed by atoms with Crippen LogP contribution in [0.25, 0.3) is 0 Å². The quantitative estimate of drug-likeness (QED) is 0.871. The van der Waals surface area contributed by atoms with Crippen LogP contribution in [0.15, 0.2) is 18.2 Å². The average Bonchev–Trinajstić information content (AvgIpc) is 2.71. The number of benzene rings is 1. The van der Waals surface area contributed by atoms with Crippen molar-refractivity contribution in [1.29, 1.82) is 0 Å². The summed E-state index contributed by atoms with van der Waals surface area (Å²) in [6.07, 6.45) is 1.27. The average molecular weight is 239 g/mol. The minimum Gasteiger partial charge on any atom is -0.371 e. The maximum Gasteiger partial charge on any atom is 0.0455 e. The molecule has 2 rings (SSSR count). The van der Waals surface area contributed by atoms with Crippen molar-refractivity contribution >= 4 is 17.3 Å². The largest absolute Gasteiger partial charge is 0.371 e. The molecule has 0 amide bonds. The van der Waals surface area contributed by atoms with Crippen molar-refractivity contribution in [3.8, 4) is 0 Å². The van der Waals surface area contributed by atoms with Crippen LogP contribution in [0.2, 0.25) is 5.02 Å². The molecule has 2 nitrogen and oxygen atoms in total. The maximum absolute atomic E-state index is 6.15. The molecule has 0 bridgehead atoms. The van der Waals surface area contributed by atoms with Crippen molar-refractivity contribution in [3.63, 3.8) is 0 Å². The lowest BCUT2D eigenvalue weighted by Gasteiger charge is -2.21. The first-order valence-corrected chi connectivity index (χ1v) is 6.25. The first-order valence-electron chi connectivity index (χ1n) is 5.87. The first-order chi connectivity index (χ1) is 7.72. The molecule has 1 aromatic carbocycles. The van der Waals surface area contributed by atoms with E-state index in [0.29, 0.717) is 0 Å². The van der Waals surface area contributed by atoms with Crippen LogP contribution in [0.3, 0.4) is 0 Å². The Morgan fingerprint density at radius 2 is 2.31 bits per heavy atom. The SMILES string of the molecule is CNCC1CCN(c2cccc(Cl)c2C)C1. The second kappa shape index (κ2) is 5.07. The highest BCUT2D eigenvalue weighted by Gasteiger charge is 2.23. The van der Waals surface area contributed by atoms with E-state index in [1.165, 1.54) is 17.7 Å². The minimum atomic E-state index is 0.767. The van der Waals surface area contributed by atoms with Crippen LogP contribution in [0.5, 0.6) is 0 Å². The van der Waals surface area contributed by atoms with Crippen LogP contribution in [0, 0.1) is 12.8 Å². The lowest BCUT2D eigenvalue weighted by molar-refractivity contribution is 0.549. The Hall–Kier alpha value is -0.730. The monoisotopic (exact) mass is 238 g/mol. The second-order valence-corrected chi connectivity index (χ2v) is 4.95. The summed E-state index contributed by atoms with van der Waals surface area (Å²) >= 11 is 6.15. The van der Waals surface area contributed by atoms with E-state index in [2.05, 4.69) is 23.2 Å². The Morgan fingerprint density at radius 3 is 3.06 bits per heavy atom. The Bertz CT molecular complexity index is 365. The highest BCUT2D eigenvalue weighted by Crippen LogP contribution is 2.30. The van der Waals surface area contributed by atoms with Gasteiger partial charge in [0.15, 0.2) is 0 Å².